The lowest BCUT2D eigenvalue weighted by Gasteiger charge is -2.26. The maximum atomic E-state index is 5.55. The lowest BCUT2D eigenvalue weighted by atomic mass is 10.0. The van der Waals surface area contributed by atoms with Gasteiger partial charge in [-0.1, -0.05) is 6.07 Å². The van der Waals surface area contributed by atoms with Crippen LogP contribution < -0.4 is 5.32 Å². The Labute approximate surface area is 140 Å². The predicted molar refractivity (Wildman–Crippen MR) is 93.1 cm³/mol. The normalized spacial score (nSPS) is 21.2. The highest BCUT2D eigenvalue weighted by atomic mass is 32.1. The van der Waals surface area contributed by atoms with Gasteiger partial charge in [-0.2, -0.15) is 0 Å². The van der Waals surface area contributed by atoms with Crippen molar-refractivity contribution in [2.45, 2.75) is 19.0 Å². The predicted octanol–water partition coefficient (Wildman–Crippen LogP) is 3.07. The fourth-order valence-electron chi connectivity index (χ4n) is 2.76. The summed E-state index contributed by atoms with van der Waals surface area (Å²) in [5.74, 6) is 0. The molecule has 0 saturated carbocycles. The maximum absolute atomic E-state index is 5.55. The van der Waals surface area contributed by atoms with Crippen LogP contribution in [0, 0.1) is 6.92 Å². The second-order valence-corrected chi connectivity index (χ2v) is 6.97. The van der Waals surface area contributed by atoms with Gasteiger partial charge in [0.2, 0.25) is 0 Å². The second kappa shape index (κ2) is 6.73. The van der Waals surface area contributed by atoms with Crippen molar-refractivity contribution in [1.29, 1.82) is 0 Å². The van der Waals surface area contributed by atoms with Gasteiger partial charge in [-0.3, -0.25) is 4.98 Å². The third-order valence-corrected chi connectivity index (χ3v) is 5.21. The minimum atomic E-state index is 0.0728. The third kappa shape index (κ3) is 2.99. The third-order valence-electron chi connectivity index (χ3n) is 3.79. The van der Waals surface area contributed by atoms with Gasteiger partial charge in [0.15, 0.2) is 5.11 Å². The molecule has 1 saturated heterocycles. The van der Waals surface area contributed by atoms with Gasteiger partial charge >= 0.3 is 0 Å². The Hall–Kier alpha value is -1.50. The molecule has 0 unspecified atom stereocenters. The Morgan fingerprint density at radius 1 is 1.36 bits per heavy atom. The van der Waals surface area contributed by atoms with E-state index in [4.69, 9.17) is 17.0 Å². The van der Waals surface area contributed by atoms with Crippen LogP contribution in [-0.4, -0.2) is 35.3 Å². The summed E-state index contributed by atoms with van der Waals surface area (Å²) in [5, 5.41) is 4.20. The number of aromatic nitrogens is 1. The number of pyridine rings is 1. The highest BCUT2D eigenvalue weighted by Gasteiger charge is 2.40. The number of nitrogens with one attached hydrogen (secondary N) is 1. The maximum Gasteiger partial charge on any atom is 0.170 e. The zero-order valence-corrected chi connectivity index (χ0v) is 14.3. The summed E-state index contributed by atoms with van der Waals surface area (Å²) in [6, 6.07) is 10.6. The van der Waals surface area contributed by atoms with Crippen molar-refractivity contribution in [2.24, 2.45) is 0 Å². The van der Waals surface area contributed by atoms with Gasteiger partial charge in [0.1, 0.15) is 0 Å². The van der Waals surface area contributed by atoms with E-state index in [-0.39, 0.29) is 12.1 Å². The molecule has 2 atom stereocenters. The van der Waals surface area contributed by atoms with E-state index in [0.717, 1.165) is 17.4 Å². The Bertz CT molecular complexity index is 644. The zero-order chi connectivity index (χ0) is 15.5. The van der Waals surface area contributed by atoms with Gasteiger partial charge in [-0.25, -0.2) is 0 Å². The van der Waals surface area contributed by atoms with Crippen LogP contribution in [0.4, 0.5) is 0 Å². The average molecular weight is 333 g/mol. The molecule has 116 valence electrons. The molecule has 1 fully saturated rings. The number of thiophene rings is 1. The molecule has 22 heavy (non-hydrogen) atoms. The molecule has 0 amide bonds. The highest BCUT2D eigenvalue weighted by Crippen LogP contribution is 2.40. The van der Waals surface area contributed by atoms with Crippen LogP contribution in [-0.2, 0) is 4.74 Å². The largest absolute Gasteiger partial charge is 0.383 e. The van der Waals surface area contributed by atoms with Crippen molar-refractivity contribution in [3.05, 3.63) is 52.0 Å². The van der Waals surface area contributed by atoms with Crippen LogP contribution in [0.1, 0.15) is 27.5 Å². The molecule has 2 aromatic heterocycles. The molecule has 2 aromatic rings. The van der Waals surface area contributed by atoms with E-state index < -0.39 is 0 Å². The summed E-state index contributed by atoms with van der Waals surface area (Å²) in [7, 11) is 1.72. The molecular weight excluding hydrogens is 314 g/mol. The molecule has 0 bridgehead atoms. The van der Waals surface area contributed by atoms with Gasteiger partial charge in [0.05, 0.1) is 24.4 Å². The summed E-state index contributed by atoms with van der Waals surface area (Å²) < 4.78 is 5.24. The lowest BCUT2D eigenvalue weighted by Crippen LogP contribution is -2.32. The number of nitrogens with zero attached hydrogens (tertiary/aromatic N) is 2. The Balaban J connectivity index is 1.96. The molecule has 0 aromatic carbocycles. The second-order valence-electron chi connectivity index (χ2n) is 5.26. The molecule has 1 aliphatic heterocycles. The highest BCUT2D eigenvalue weighted by molar-refractivity contribution is 7.80. The van der Waals surface area contributed by atoms with E-state index in [9.17, 15) is 0 Å². The molecule has 0 radical (unpaired) electrons. The van der Waals surface area contributed by atoms with Gasteiger partial charge in [-0.15, -0.1) is 11.3 Å². The fraction of sp³-hybridized carbons (Fsp3) is 0.375. The van der Waals surface area contributed by atoms with Gasteiger partial charge in [-0.05, 0) is 43.4 Å². The molecular formula is C16H19N3OS2. The molecule has 0 aliphatic carbocycles. The molecule has 0 spiro atoms. The summed E-state index contributed by atoms with van der Waals surface area (Å²) in [6.07, 6.45) is 1.83. The minimum Gasteiger partial charge on any atom is -0.383 e. The van der Waals surface area contributed by atoms with Crippen LogP contribution >= 0.6 is 23.6 Å². The van der Waals surface area contributed by atoms with E-state index in [0.29, 0.717) is 6.61 Å². The fourth-order valence-corrected chi connectivity index (χ4v) is 4.12. The van der Waals surface area contributed by atoms with Gasteiger partial charge in [0, 0.05) is 29.6 Å². The molecule has 6 heteroatoms. The number of rotatable bonds is 5. The Kier molecular flexibility index (Phi) is 4.71. The smallest absolute Gasteiger partial charge is 0.170 e. The zero-order valence-electron chi connectivity index (χ0n) is 12.7. The minimum absolute atomic E-state index is 0.0728. The number of ether oxygens (including phenoxy) is 1. The first kappa shape index (κ1) is 15.4. The van der Waals surface area contributed by atoms with Crippen LogP contribution in [0.25, 0.3) is 0 Å². The van der Waals surface area contributed by atoms with Crippen molar-refractivity contribution in [1.82, 2.24) is 15.2 Å². The average Bonchev–Trinajstić information content (AvgIpc) is 3.09. The number of methoxy groups -OCH3 is 1. The Morgan fingerprint density at radius 3 is 2.86 bits per heavy atom. The van der Waals surface area contributed by atoms with Crippen LogP contribution in [0.2, 0.25) is 0 Å². The van der Waals surface area contributed by atoms with Crippen molar-refractivity contribution in [2.75, 3.05) is 20.3 Å². The lowest BCUT2D eigenvalue weighted by molar-refractivity contribution is 0.164. The SMILES string of the molecule is COCCN1C(=S)N[C@@H](c2ccccn2)[C@@H]1c1ccc(C)s1. The van der Waals surface area contributed by atoms with E-state index >= 15 is 0 Å². The van der Waals surface area contributed by atoms with Gasteiger partial charge in [0.25, 0.3) is 0 Å². The number of aryl methyl sites for hydroxylation is 1. The van der Waals surface area contributed by atoms with Crippen molar-refractivity contribution in [3.63, 3.8) is 0 Å². The first-order valence-electron chi connectivity index (χ1n) is 7.24. The summed E-state index contributed by atoms with van der Waals surface area (Å²) in [4.78, 5) is 9.34. The van der Waals surface area contributed by atoms with Crippen molar-refractivity contribution >= 4 is 28.7 Å². The molecule has 1 aliphatic rings. The standard InChI is InChI=1S/C16H19N3OS2/c1-11-6-7-13(22-11)15-14(12-5-3-4-8-17-12)18-16(21)19(15)9-10-20-2/h3-8,14-15H,9-10H2,1-2H3,(H,18,21)/t14-,15-/m0/s1. The van der Waals surface area contributed by atoms with E-state index in [1.807, 2.05) is 35.7 Å². The number of thiocarbonyl (C=S) groups is 1. The molecule has 4 nitrogen and oxygen atoms in total. The summed E-state index contributed by atoms with van der Waals surface area (Å²) >= 11 is 7.36. The first-order valence-corrected chi connectivity index (χ1v) is 8.46. The monoisotopic (exact) mass is 333 g/mol. The van der Waals surface area contributed by atoms with E-state index in [1.165, 1.54) is 9.75 Å². The van der Waals surface area contributed by atoms with Crippen LogP contribution in [0.15, 0.2) is 36.5 Å². The summed E-state index contributed by atoms with van der Waals surface area (Å²) in [6.45, 7) is 3.55. The quantitative estimate of drug-likeness (QED) is 0.851. The van der Waals surface area contributed by atoms with Crippen LogP contribution in [0.3, 0.4) is 0 Å². The number of hydrogen-bond acceptors (Lipinski definition) is 4. The first-order chi connectivity index (χ1) is 10.7. The van der Waals surface area contributed by atoms with Crippen LogP contribution in [0.5, 0.6) is 0 Å². The number of hydrogen-bond donors (Lipinski definition) is 1. The molecule has 1 N–H and O–H groups in total. The topological polar surface area (TPSA) is 37.4 Å². The van der Waals surface area contributed by atoms with Gasteiger partial charge < -0.3 is 15.0 Å². The van der Waals surface area contributed by atoms with E-state index in [1.54, 1.807) is 7.11 Å². The molecule has 3 heterocycles. The molecule has 3 rings (SSSR count). The summed E-state index contributed by atoms with van der Waals surface area (Å²) in [5.41, 5.74) is 1.01. The Morgan fingerprint density at radius 2 is 2.23 bits per heavy atom. The van der Waals surface area contributed by atoms with Crippen molar-refractivity contribution < 1.29 is 4.74 Å². The van der Waals surface area contributed by atoms with E-state index in [2.05, 4.69) is 34.3 Å². The van der Waals surface area contributed by atoms with Crippen molar-refractivity contribution in [3.8, 4) is 0 Å².